The van der Waals surface area contributed by atoms with E-state index in [2.05, 4.69) is 10.0 Å². The maximum atomic E-state index is 10.8. The molecule has 20 heavy (non-hydrogen) atoms. The van der Waals surface area contributed by atoms with Crippen LogP contribution in [0.3, 0.4) is 0 Å². The summed E-state index contributed by atoms with van der Waals surface area (Å²) in [5, 5.41) is 57.8. The number of nitrogens with zero attached hydrogens (tertiary/aromatic N) is 3. The molecule has 0 aromatic heterocycles. The molecule has 0 aromatic rings. The van der Waals surface area contributed by atoms with Crippen LogP contribution in [0.5, 0.6) is 0 Å². The molecular weight excluding hydrogens is 278 g/mol. The van der Waals surface area contributed by atoms with Gasteiger partial charge in [0.05, 0.1) is 31.0 Å². The van der Waals surface area contributed by atoms with E-state index >= 15 is 0 Å². The minimum absolute atomic E-state index is 0.891. The number of aliphatic hydroxyl groups excluding tert-OH is 5. The fourth-order valence-corrected chi connectivity index (χ4v) is 1.37. The maximum Gasteiger partial charge on any atom is 0.372 e. The van der Waals surface area contributed by atoms with Crippen molar-refractivity contribution in [3.8, 4) is 0 Å². The Morgan fingerprint density at radius 2 is 1.65 bits per heavy atom. The molecule has 0 saturated heterocycles. The number of carboxylic acid groups (broad SMARTS) is 1. The summed E-state index contributed by atoms with van der Waals surface area (Å²) in [5.74, 6) is -3.22. The highest BCUT2D eigenvalue weighted by Crippen LogP contribution is 2.14. The molecule has 11 heteroatoms. The highest BCUT2D eigenvalue weighted by Gasteiger charge is 2.36. The minimum atomic E-state index is -2.06. The quantitative estimate of drug-likeness (QED) is 0.113. The Labute approximate surface area is 112 Å². The van der Waals surface area contributed by atoms with Gasteiger partial charge in [-0.05, 0) is 5.53 Å². The molecule has 0 amide bonds. The second-order valence-corrected chi connectivity index (χ2v) is 3.93. The average molecular weight is 293 g/mol. The Balaban J connectivity index is 4.87. The number of carbonyl (C=O) groups is 2. The van der Waals surface area contributed by atoms with Crippen LogP contribution in [0.2, 0.25) is 0 Å². The Morgan fingerprint density at radius 1 is 1.10 bits per heavy atom. The predicted molar refractivity (Wildman–Crippen MR) is 61.3 cm³/mol. The molecule has 0 spiro atoms. The van der Waals surface area contributed by atoms with Crippen molar-refractivity contribution < 1.29 is 40.2 Å². The third-order valence-electron chi connectivity index (χ3n) is 2.49. The lowest BCUT2D eigenvalue weighted by Gasteiger charge is -2.28. The Kier molecular flexibility index (Phi) is 7.69. The summed E-state index contributed by atoms with van der Waals surface area (Å²) >= 11 is 0. The monoisotopic (exact) mass is 293 g/mol. The normalized spacial score (nSPS) is 18.2. The largest absolute Gasteiger partial charge is 0.475 e. The van der Waals surface area contributed by atoms with Crippen LogP contribution in [0, 0.1) is 0 Å². The van der Waals surface area contributed by atoms with Crippen LogP contribution in [0.4, 0.5) is 0 Å². The van der Waals surface area contributed by atoms with E-state index in [0.717, 1.165) is 0 Å². The van der Waals surface area contributed by atoms with E-state index in [9.17, 15) is 30.0 Å². The van der Waals surface area contributed by atoms with Gasteiger partial charge in [0.2, 0.25) is 5.78 Å². The van der Waals surface area contributed by atoms with E-state index in [1.165, 1.54) is 0 Å². The van der Waals surface area contributed by atoms with E-state index in [4.69, 9.17) is 15.7 Å². The van der Waals surface area contributed by atoms with Crippen molar-refractivity contribution in [3.63, 3.8) is 0 Å². The van der Waals surface area contributed by atoms with Gasteiger partial charge in [-0.1, -0.05) is 5.11 Å². The molecule has 5 atom stereocenters. The van der Waals surface area contributed by atoms with Crippen LogP contribution in [0.25, 0.3) is 10.4 Å². The smallest absolute Gasteiger partial charge is 0.372 e. The summed E-state index contributed by atoms with van der Waals surface area (Å²) < 4.78 is 0. The summed E-state index contributed by atoms with van der Waals surface area (Å²) in [6.45, 7) is -0.891. The molecule has 0 unspecified atom stereocenters. The molecule has 0 heterocycles. The fraction of sp³-hybridized carbons (Fsp3) is 0.778. The zero-order valence-corrected chi connectivity index (χ0v) is 10.1. The third-order valence-corrected chi connectivity index (χ3v) is 2.49. The number of ketones is 1. The Morgan fingerprint density at radius 3 is 2.05 bits per heavy atom. The first-order valence-corrected chi connectivity index (χ1v) is 5.39. The molecular formula is C9H15N3O8. The number of rotatable bonds is 9. The SMILES string of the molecule is [N-]=[N+]=N[C@@H]([C@H](O)[C@H](O)[C@@H](O)CC(=O)C(=O)O)[C@H](O)CO. The molecule has 0 bridgehead atoms. The first kappa shape index (κ1) is 18.2. The standard InChI is InChI=1S/C9H15N3O8/c10-12-11-6(5(16)2-13)8(18)7(17)3(14)1-4(15)9(19)20/h3,5-8,13-14,16-18H,1-2H2,(H,19,20)/t3-,5+,6+,7+,8-/m0/s1. The van der Waals surface area contributed by atoms with Crippen molar-refractivity contribution in [1.29, 1.82) is 0 Å². The van der Waals surface area contributed by atoms with E-state index in [1.807, 2.05) is 0 Å². The van der Waals surface area contributed by atoms with Gasteiger partial charge >= 0.3 is 5.97 Å². The summed E-state index contributed by atoms with van der Waals surface area (Å²) in [7, 11) is 0. The van der Waals surface area contributed by atoms with Gasteiger partial charge < -0.3 is 30.6 Å². The lowest BCUT2D eigenvalue weighted by atomic mass is 9.95. The topological polar surface area (TPSA) is 204 Å². The second-order valence-electron chi connectivity index (χ2n) is 3.93. The molecule has 0 radical (unpaired) electrons. The predicted octanol–water partition coefficient (Wildman–Crippen LogP) is -2.85. The van der Waals surface area contributed by atoms with E-state index < -0.39 is 55.2 Å². The molecule has 114 valence electrons. The van der Waals surface area contributed by atoms with Crippen LogP contribution < -0.4 is 0 Å². The van der Waals surface area contributed by atoms with Gasteiger partial charge in [-0.25, -0.2) is 4.79 Å². The molecule has 0 aliphatic heterocycles. The Bertz CT molecular complexity index is 397. The lowest BCUT2D eigenvalue weighted by molar-refractivity contribution is -0.152. The van der Waals surface area contributed by atoms with Gasteiger partial charge in [0.15, 0.2) is 0 Å². The number of Topliss-reactive ketones (excluding diaryl/α,β-unsaturated/α-hetero) is 1. The van der Waals surface area contributed by atoms with Gasteiger partial charge in [-0.15, -0.1) is 0 Å². The van der Waals surface area contributed by atoms with E-state index in [1.54, 1.807) is 0 Å². The first-order valence-electron chi connectivity index (χ1n) is 5.39. The first-order chi connectivity index (χ1) is 9.26. The van der Waals surface area contributed by atoms with Crippen molar-refractivity contribution >= 4 is 11.8 Å². The molecule has 0 rings (SSSR count). The summed E-state index contributed by atoms with van der Waals surface area (Å²) in [5.41, 5.74) is 8.25. The zero-order valence-electron chi connectivity index (χ0n) is 10.1. The second kappa shape index (κ2) is 8.43. The highest BCUT2D eigenvalue weighted by atomic mass is 16.4. The molecule has 0 aromatic carbocycles. The molecule has 0 aliphatic rings. The van der Waals surface area contributed by atoms with Gasteiger partial charge in [-0.3, -0.25) is 4.79 Å². The average Bonchev–Trinajstić information content (AvgIpc) is 2.41. The lowest BCUT2D eigenvalue weighted by Crippen LogP contribution is -2.49. The molecule has 0 saturated carbocycles. The van der Waals surface area contributed by atoms with Gasteiger partial charge in [0.1, 0.15) is 6.10 Å². The van der Waals surface area contributed by atoms with Crippen LogP contribution in [0.15, 0.2) is 5.11 Å². The number of aliphatic hydroxyl groups is 5. The van der Waals surface area contributed by atoms with Crippen LogP contribution >= 0.6 is 0 Å². The number of azide groups is 1. The summed E-state index contributed by atoms with van der Waals surface area (Å²) in [6, 6.07) is -1.69. The molecule has 11 nitrogen and oxygen atoms in total. The van der Waals surface area contributed by atoms with Crippen LogP contribution in [0.1, 0.15) is 6.42 Å². The van der Waals surface area contributed by atoms with Gasteiger partial charge in [-0.2, -0.15) is 0 Å². The maximum absolute atomic E-state index is 10.8. The fourth-order valence-electron chi connectivity index (χ4n) is 1.37. The number of aliphatic carboxylic acids is 1. The number of carboxylic acids is 1. The van der Waals surface area contributed by atoms with Crippen molar-refractivity contribution in [2.75, 3.05) is 6.61 Å². The zero-order chi connectivity index (χ0) is 15.9. The van der Waals surface area contributed by atoms with Gasteiger partial charge in [0, 0.05) is 11.3 Å². The van der Waals surface area contributed by atoms with Crippen LogP contribution in [-0.4, -0.2) is 79.5 Å². The van der Waals surface area contributed by atoms with Crippen molar-refractivity contribution in [3.05, 3.63) is 10.4 Å². The number of carbonyl (C=O) groups excluding carboxylic acids is 1. The summed E-state index contributed by atoms with van der Waals surface area (Å²) in [4.78, 5) is 23.4. The van der Waals surface area contributed by atoms with Crippen molar-refractivity contribution in [2.45, 2.75) is 36.9 Å². The molecule has 0 fully saturated rings. The molecule has 0 aliphatic carbocycles. The van der Waals surface area contributed by atoms with Crippen molar-refractivity contribution in [2.24, 2.45) is 5.11 Å². The summed E-state index contributed by atoms with van der Waals surface area (Å²) in [6.07, 6.45) is -8.71. The Hall–Kier alpha value is -1.75. The highest BCUT2D eigenvalue weighted by molar-refractivity contribution is 6.32. The molecule has 6 N–H and O–H groups in total. The van der Waals surface area contributed by atoms with Gasteiger partial charge in [0.25, 0.3) is 0 Å². The van der Waals surface area contributed by atoms with E-state index in [0.29, 0.717) is 0 Å². The number of hydrogen-bond donors (Lipinski definition) is 6. The minimum Gasteiger partial charge on any atom is -0.475 e. The van der Waals surface area contributed by atoms with E-state index in [-0.39, 0.29) is 0 Å². The van der Waals surface area contributed by atoms with Crippen molar-refractivity contribution in [1.82, 2.24) is 0 Å². The van der Waals surface area contributed by atoms with Crippen LogP contribution in [-0.2, 0) is 9.59 Å². The number of hydrogen-bond acceptors (Lipinski definition) is 8. The third kappa shape index (κ3) is 5.09.